The Kier molecular flexibility index (Phi) is 2.78. The fourth-order valence-electron chi connectivity index (χ4n) is 2.07. The van der Waals surface area contributed by atoms with Crippen molar-refractivity contribution >= 4 is 11.0 Å². The number of hydrogen-bond acceptors (Lipinski definition) is 4. The van der Waals surface area contributed by atoms with E-state index >= 15 is 0 Å². The second kappa shape index (κ2) is 4.58. The lowest BCUT2D eigenvalue weighted by Crippen LogP contribution is -2.14. The van der Waals surface area contributed by atoms with E-state index in [2.05, 4.69) is 9.97 Å². The van der Waals surface area contributed by atoms with E-state index in [4.69, 9.17) is 10.2 Å². The van der Waals surface area contributed by atoms with E-state index in [9.17, 15) is 0 Å². The van der Waals surface area contributed by atoms with Crippen LogP contribution in [0.15, 0.2) is 53.4 Å². The third kappa shape index (κ3) is 1.98. The maximum absolute atomic E-state index is 6.22. The van der Waals surface area contributed by atoms with Crippen molar-refractivity contribution in [3.63, 3.8) is 0 Å². The van der Waals surface area contributed by atoms with Crippen molar-refractivity contribution in [3.8, 4) is 0 Å². The summed E-state index contributed by atoms with van der Waals surface area (Å²) in [7, 11) is 0. The van der Waals surface area contributed by atoms with Crippen molar-refractivity contribution in [2.75, 3.05) is 0 Å². The van der Waals surface area contributed by atoms with Crippen molar-refractivity contribution in [2.24, 2.45) is 5.73 Å². The van der Waals surface area contributed by atoms with Gasteiger partial charge >= 0.3 is 0 Å². The maximum Gasteiger partial charge on any atom is 0.105 e. The molecule has 0 saturated heterocycles. The first kappa shape index (κ1) is 10.9. The van der Waals surface area contributed by atoms with Crippen molar-refractivity contribution < 1.29 is 4.42 Å². The molecule has 0 saturated carbocycles. The molecule has 1 aromatic carbocycles. The quantitative estimate of drug-likeness (QED) is 0.762. The number of para-hydroxylation sites is 1. The van der Waals surface area contributed by atoms with Gasteiger partial charge in [-0.05, 0) is 23.8 Å². The number of aromatic nitrogens is 2. The first-order valence-electron chi connectivity index (χ1n) is 5.82. The average molecular weight is 239 g/mol. The Labute approximate surface area is 104 Å². The lowest BCUT2D eigenvalue weighted by Gasteiger charge is -2.12. The number of hydrogen-bond donors (Lipinski definition) is 1. The summed E-state index contributed by atoms with van der Waals surface area (Å²) in [6, 6.07) is 9.53. The average Bonchev–Trinajstić information content (AvgIpc) is 2.91. The Balaban J connectivity index is 1.98. The van der Waals surface area contributed by atoms with Crippen LogP contribution >= 0.6 is 0 Å². The minimum Gasteiger partial charge on any atom is -0.469 e. The third-order valence-electron chi connectivity index (χ3n) is 2.93. The van der Waals surface area contributed by atoms with Gasteiger partial charge in [0.05, 0.1) is 17.3 Å². The van der Waals surface area contributed by atoms with Gasteiger partial charge in [0.25, 0.3) is 0 Å². The number of nitrogens with zero attached hydrogens (tertiary/aromatic N) is 2. The fourth-order valence-corrected chi connectivity index (χ4v) is 2.07. The maximum atomic E-state index is 6.22. The third-order valence-corrected chi connectivity index (χ3v) is 2.93. The van der Waals surface area contributed by atoms with Crippen molar-refractivity contribution in [1.29, 1.82) is 0 Å². The summed E-state index contributed by atoms with van der Waals surface area (Å²) in [5, 5.41) is 0. The molecule has 1 unspecified atom stereocenters. The summed E-state index contributed by atoms with van der Waals surface area (Å²) in [4.78, 5) is 8.64. The van der Waals surface area contributed by atoms with Gasteiger partial charge in [0, 0.05) is 24.9 Å². The molecule has 0 aliphatic rings. The zero-order valence-corrected chi connectivity index (χ0v) is 9.78. The Bertz CT molecular complexity index is 644. The van der Waals surface area contributed by atoms with Gasteiger partial charge in [-0.25, -0.2) is 0 Å². The Morgan fingerprint density at radius 2 is 2.00 bits per heavy atom. The van der Waals surface area contributed by atoms with E-state index in [-0.39, 0.29) is 6.04 Å². The normalized spacial score (nSPS) is 12.7. The Hall–Kier alpha value is -2.20. The van der Waals surface area contributed by atoms with Crippen LogP contribution in [0.5, 0.6) is 0 Å². The number of furan rings is 1. The van der Waals surface area contributed by atoms with E-state index in [0.29, 0.717) is 6.42 Å². The van der Waals surface area contributed by atoms with Crippen LogP contribution in [0, 0.1) is 0 Å². The molecule has 90 valence electrons. The number of rotatable bonds is 3. The van der Waals surface area contributed by atoms with E-state index < -0.39 is 0 Å². The van der Waals surface area contributed by atoms with Crippen LogP contribution in [-0.4, -0.2) is 9.97 Å². The molecule has 2 heterocycles. The second-order valence-corrected chi connectivity index (χ2v) is 4.16. The fraction of sp³-hybridized carbons (Fsp3) is 0.143. The van der Waals surface area contributed by atoms with Gasteiger partial charge in [-0.3, -0.25) is 9.97 Å². The second-order valence-electron chi connectivity index (χ2n) is 4.16. The van der Waals surface area contributed by atoms with Gasteiger partial charge in [-0.15, -0.1) is 0 Å². The van der Waals surface area contributed by atoms with Crippen LogP contribution in [-0.2, 0) is 6.42 Å². The summed E-state index contributed by atoms with van der Waals surface area (Å²) in [6.07, 6.45) is 5.68. The highest BCUT2D eigenvalue weighted by atomic mass is 16.3. The van der Waals surface area contributed by atoms with Gasteiger partial charge in [0.1, 0.15) is 5.76 Å². The number of benzene rings is 1. The van der Waals surface area contributed by atoms with Gasteiger partial charge in [-0.1, -0.05) is 12.1 Å². The standard InChI is InChI=1S/C14H13N3O/c15-12(9-10-3-2-8-18-10)11-4-1-5-13-14(11)17-7-6-16-13/h1-8,12H,9,15H2. The van der Waals surface area contributed by atoms with Crippen LogP contribution in [0.3, 0.4) is 0 Å². The highest BCUT2D eigenvalue weighted by Crippen LogP contribution is 2.22. The van der Waals surface area contributed by atoms with E-state index in [0.717, 1.165) is 22.4 Å². The molecule has 0 aliphatic carbocycles. The van der Waals surface area contributed by atoms with Crippen molar-refractivity contribution in [3.05, 3.63) is 60.3 Å². The molecule has 3 aromatic rings. The van der Waals surface area contributed by atoms with Crippen molar-refractivity contribution in [2.45, 2.75) is 12.5 Å². The molecule has 0 fully saturated rings. The molecule has 18 heavy (non-hydrogen) atoms. The highest BCUT2D eigenvalue weighted by Gasteiger charge is 2.13. The van der Waals surface area contributed by atoms with Crippen LogP contribution in [0.2, 0.25) is 0 Å². The van der Waals surface area contributed by atoms with Crippen molar-refractivity contribution in [1.82, 2.24) is 9.97 Å². The minimum absolute atomic E-state index is 0.142. The molecular formula is C14H13N3O. The molecule has 0 aliphatic heterocycles. The molecule has 0 bridgehead atoms. The summed E-state index contributed by atoms with van der Waals surface area (Å²) in [5.74, 6) is 0.878. The minimum atomic E-state index is -0.142. The lowest BCUT2D eigenvalue weighted by molar-refractivity contribution is 0.489. The van der Waals surface area contributed by atoms with Crippen LogP contribution in [0.25, 0.3) is 11.0 Å². The Morgan fingerprint density at radius 1 is 1.11 bits per heavy atom. The van der Waals surface area contributed by atoms with Gasteiger partial charge in [0.2, 0.25) is 0 Å². The first-order valence-corrected chi connectivity index (χ1v) is 5.82. The SMILES string of the molecule is NC(Cc1ccco1)c1cccc2nccnc12. The van der Waals surface area contributed by atoms with Gasteiger partial charge in [-0.2, -0.15) is 0 Å². The van der Waals surface area contributed by atoms with E-state index in [1.165, 1.54) is 0 Å². The predicted octanol–water partition coefficient (Wildman–Crippen LogP) is 2.47. The molecule has 1 atom stereocenters. The summed E-state index contributed by atoms with van der Waals surface area (Å²) in [5.41, 5.74) is 8.95. The lowest BCUT2D eigenvalue weighted by atomic mass is 10.0. The zero-order valence-electron chi connectivity index (χ0n) is 9.78. The summed E-state index contributed by atoms with van der Waals surface area (Å²) >= 11 is 0. The van der Waals surface area contributed by atoms with E-state index in [1.54, 1.807) is 18.7 Å². The molecule has 0 radical (unpaired) electrons. The molecule has 2 aromatic heterocycles. The van der Waals surface area contributed by atoms with Crippen LogP contribution in [0.1, 0.15) is 17.4 Å². The molecule has 4 heteroatoms. The highest BCUT2D eigenvalue weighted by molar-refractivity contribution is 5.78. The van der Waals surface area contributed by atoms with Crippen LogP contribution in [0.4, 0.5) is 0 Å². The zero-order chi connectivity index (χ0) is 12.4. The molecule has 2 N–H and O–H groups in total. The predicted molar refractivity (Wildman–Crippen MR) is 68.9 cm³/mol. The van der Waals surface area contributed by atoms with E-state index in [1.807, 2.05) is 30.3 Å². The summed E-state index contributed by atoms with van der Waals surface area (Å²) < 4.78 is 5.32. The molecule has 3 rings (SSSR count). The molecular weight excluding hydrogens is 226 g/mol. The monoisotopic (exact) mass is 239 g/mol. The first-order chi connectivity index (χ1) is 8.84. The van der Waals surface area contributed by atoms with Crippen LogP contribution < -0.4 is 5.73 Å². The molecule has 0 amide bonds. The molecule has 4 nitrogen and oxygen atoms in total. The van der Waals surface area contributed by atoms with Gasteiger partial charge in [0.15, 0.2) is 0 Å². The topological polar surface area (TPSA) is 64.9 Å². The smallest absolute Gasteiger partial charge is 0.105 e. The molecule has 0 spiro atoms. The largest absolute Gasteiger partial charge is 0.469 e. The number of nitrogens with two attached hydrogens (primary N) is 1. The summed E-state index contributed by atoms with van der Waals surface area (Å²) in [6.45, 7) is 0. The Morgan fingerprint density at radius 3 is 2.83 bits per heavy atom. The van der Waals surface area contributed by atoms with Gasteiger partial charge < -0.3 is 10.2 Å². The number of fused-ring (bicyclic) bond motifs is 1.